The third kappa shape index (κ3) is 3.32. The maximum absolute atomic E-state index is 10.8. The number of hydrogen-bond acceptors (Lipinski definition) is 6. The van der Waals surface area contributed by atoms with E-state index in [4.69, 9.17) is 4.74 Å². The van der Waals surface area contributed by atoms with Gasteiger partial charge in [-0.3, -0.25) is 15.0 Å². The normalized spacial score (nSPS) is 21.8. The molecular weight excluding hydrogens is 308 g/mol. The zero-order valence-electron chi connectivity index (χ0n) is 13.4. The molecule has 0 amide bonds. The van der Waals surface area contributed by atoms with Crippen molar-refractivity contribution in [3.63, 3.8) is 0 Å². The van der Waals surface area contributed by atoms with Gasteiger partial charge in [-0.1, -0.05) is 0 Å². The van der Waals surface area contributed by atoms with Gasteiger partial charge in [-0.2, -0.15) is 0 Å². The van der Waals surface area contributed by atoms with Crippen molar-refractivity contribution in [3.05, 3.63) is 40.4 Å². The number of benzene rings is 1. The van der Waals surface area contributed by atoms with Gasteiger partial charge in [0.2, 0.25) is 0 Å². The van der Waals surface area contributed by atoms with E-state index < -0.39 is 4.92 Å². The number of nitro groups is 1. The zero-order chi connectivity index (χ0) is 16.5. The molecule has 126 valence electrons. The fourth-order valence-electron chi connectivity index (χ4n) is 3.18. The van der Waals surface area contributed by atoms with Crippen LogP contribution in [0.15, 0.2) is 30.3 Å². The maximum Gasteiger partial charge on any atom is 0.270 e. The Bertz CT molecular complexity index is 763. The summed E-state index contributed by atoms with van der Waals surface area (Å²) in [5, 5.41) is 14.9. The van der Waals surface area contributed by atoms with E-state index in [2.05, 4.69) is 15.2 Å². The minimum absolute atomic E-state index is 0.0841. The first-order valence-corrected chi connectivity index (χ1v) is 8.34. The topological polar surface area (TPSA) is 80.5 Å². The first-order valence-electron chi connectivity index (χ1n) is 8.34. The maximum atomic E-state index is 10.8. The lowest BCUT2D eigenvalue weighted by molar-refractivity contribution is -0.384. The molecule has 2 aliphatic rings. The molecule has 0 bridgehead atoms. The number of aromatic nitrogens is 1. The molecule has 7 nitrogen and oxygen atoms in total. The highest BCUT2D eigenvalue weighted by molar-refractivity contribution is 5.82. The third-order valence-corrected chi connectivity index (χ3v) is 4.63. The van der Waals surface area contributed by atoms with Gasteiger partial charge in [0.25, 0.3) is 5.69 Å². The number of ether oxygens (including phenoxy) is 1. The minimum atomic E-state index is -0.391. The quantitative estimate of drug-likeness (QED) is 0.670. The Kier molecular flexibility index (Phi) is 4.03. The molecule has 1 aromatic heterocycles. The molecule has 0 spiro atoms. The zero-order valence-corrected chi connectivity index (χ0v) is 13.4. The van der Waals surface area contributed by atoms with Crippen molar-refractivity contribution in [3.8, 4) is 0 Å². The second-order valence-electron chi connectivity index (χ2n) is 6.43. The smallest absolute Gasteiger partial charge is 0.270 e. The van der Waals surface area contributed by atoms with Crippen LogP contribution in [0.25, 0.3) is 10.9 Å². The molecule has 0 radical (unpaired) electrons. The van der Waals surface area contributed by atoms with Crippen molar-refractivity contribution in [2.75, 3.05) is 31.6 Å². The summed E-state index contributed by atoms with van der Waals surface area (Å²) in [6.07, 6.45) is 2.81. The molecule has 1 N–H and O–H groups in total. The minimum Gasteiger partial charge on any atom is -0.374 e. The summed E-state index contributed by atoms with van der Waals surface area (Å²) >= 11 is 0. The molecule has 2 heterocycles. The van der Waals surface area contributed by atoms with Crippen LogP contribution >= 0.6 is 0 Å². The van der Waals surface area contributed by atoms with Gasteiger partial charge in [0, 0.05) is 43.2 Å². The summed E-state index contributed by atoms with van der Waals surface area (Å²) in [6, 6.07) is 9.19. The molecule has 1 unspecified atom stereocenters. The van der Waals surface area contributed by atoms with Crippen molar-refractivity contribution in [1.82, 2.24) is 9.88 Å². The van der Waals surface area contributed by atoms with Crippen LogP contribution in [0.3, 0.4) is 0 Å². The average molecular weight is 328 g/mol. The standard InChI is InChI=1S/C17H20N4O3/c22-21(23)14-4-5-16-12(9-14)1-6-17(19-16)18-10-15-11-20(7-8-24-15)13-2-3-13/h1,4-6,9,13,15H,2-3,7-8,10-11H2,(H,18,19). The number of nitro benzene ring substituents is 1. The van der Waals surface area contributed by atoms with Gasteiger partial charge in [0.1, 0.15) is 5.82 Å². The van der Waals surface area contributed by atoms with E-state index >= 15 is 0 Å². The van der Waals surface area contributed by atoms with E-state index in [-0.39, 0.29) is 11.8 Å². The number of anilines is 1. The monoisotopic (exact) mass is 328 g/mol. The number of rotatable bonds is 5. The van der Waals surface area contributed by atoms with Gasteiger partial charge in [-0.05, 0) is 31.0 Å². The van der Waals surface area contributed by atoms with Crippen LogP contribution in [0.1, 0.15) is 12.8 Å². The van der Waals surface area contributed by atoms with E-state index in [0.717, 1.165) is 42.5 Å². The molecule has 2 aromatic rings. The SMILES string of the molecule is O=[N+]([O-])c1ccc2nc(NCC3CN(C4CC4)CCO3)ccc2c1. The lowest BCUT2D eigenvalue weighted by atomic mass is 10.2. The Labute approximate surface area is 139 Å². The van der Waals surface area contributed by atoms with Gasteiger partial charge >= 0.3 is 0 Å². The molecular formula is C17H20N4O3. The van der Waals surface area contributed by atoms with Gasteiger partial charge in [0.15, 0.2) is 0 Å². The van der Waals surface area contributed by atoms with Crippen LogP contribution in [0.4, 0.5) is 11.5 Å². The fraction of sp³-hybridized carbons (Fsp3) is 0.471. The molecule has 1 aliphatic heterocycles. The van der Waals surface area contributed by atoms with Crippen molar-refractivity contribution in [2.45, 2.75) is 25.0 Å². The summed E-state index contributed by atoms with van der Waals surface area (Å²) in [5.74, 6) is 0.767. The Morgan fingerprint density at radius 1 is 1.33 bits per heavy atom. The second kappa shape index (κ2) is 6.33. The van der Waals surface area contributed by atoms with Crippen LogP contribution < -0.4 is 5.32 Å². The molecule has 1 atom stereocenters. The third-order valence-electron chi connectivity index (χ3n) is 4.63. The molecule has 4 rings (SSSR count). The predicted octanol–water partition coefficient (Wildman–Crippen LogP) is 2.42. The summed E-state index contributed by atoms with van der Waals surface area (Å²) in [4.78, 5) is 17.5. The van der Waals surface area contributed by atoms with Gasteiger partial charge in [-0.15, -0.1) is 0 Å². The Morgan fingerprint density at radius 3 is 3.00 bits per heavy atom. The highest BCUT2D eigenvalue weighted by Crippen LogP contribution is 2.28. The largest absolute Gasteiger partial charge is 0.374 e. The van der Waals surface area contributed by atoms with Crippen molar-refractivity contribution >= 4 is 22.4 Å². The number of hydrogen-bond donors (Lipinski definition) is 1. The lowest BCUT2D eigenvalue weighted by Crippen LogP contribution is -2.46. The van der Waals surface area contributed by atoms with Gasteiger partial charge in [-0.25, -0.2) is 4.98 Å². The Balaban J connectivity index is 1.40. The van der Waals surface area contributed by atoms with Crippen molar-refractivity contribution in [1.29, 1.82) is 0 Å². The number of nitrogens with zero attached hydrogens (tertiary/aromatic N) is 3. The molecule has 2 fully saturated rings. The van der Waals surface area contributed by atoms with Crippen LogP contribution in [0, 0.1) is 10.1 Å². The highest BCUT2D eigenvalue weighted by atomic mass is 16.6. The van der Waals surface area contributed by atoms with E-state index in [1.54, 1.807) is 12.1 Å². The molecule has 7 heteroatoms. The van der Waals surface area contributed by atoms with Crippen LogP contribution in [0.5, 0.6) is 0 Å². The molecule has 1 aromatic carbocycles. The number of fused-ring (bicyclic) bond motifs is 1. The summed E-state index contributed by atoms with van der Waals surface area (Å²) < 4.78 is 5.83. The van der Waals surface area contributed by atoms with Crippen LogP contribution in [-0.2, 0) is 4.74 Å². The molecule has 1 saturated carbocycles. The van der Waals surface area contributed by atoms with E-state index in [9.17, 15) is 10.1 Å². The average Bonchev–Trinajstić information content (AvgIpc) is 3.44. The highest BCUT2D eigenvalue weighted by Gasteiger charge is 2.32. The Morgan fingerprint density at radius 2 is 2.21 bits per heavy atom. The van der Waals surface area contributed by atoms with Crippen molar-refractivity contribution in [2.24, 2.45) is 0 Å². The lowest BCUT2D eigenvalue weighted by Gasteiger charge is -2.33. The Hall–Kier alpha value is -2.25. The van der Waals surface area contributed by atoms with E-state index in [0.29, 0.717) is 6.54 Å². The fourth-order valence-corrected chi connectivity index (χ4v) is 3.18. The first-order chi connectivity index (χ1) is 11.7. The van der Waals surface area contributed by atoms with Gasteiger partial charge < -0.3 is 10.1 Å². The molecule has 1 saturated heterocycles. The number of nitrogens with one attached hydrogen (secondary N) is 1. The summed E-state index contributed by atoms with van der Waals surface area (Å²) in [6.45, 7) is 3.51. The van der Waals surface area contributed by atoms with Crippen molar-refractivity contribution < 1.29 is 9.66 Å². The number of morpholine rings is 1. The van der Waals surface area contributed by atoms with Crippen LogP contribution in [-0.4, -0.2) is 53.2 Å². The summed E-state index contributed by atoms with van der Waals surface area (Å²) in [7, 11) is 0. The number of pyridine rings is 1. The van der Waals surface area contributed by atoms with E-state index in [1.807, 2.05) is 12.1 Å². The molecule has 1 aliphatic carbocycles. The van der Waals surface area contributed by atoms with Crippen LogP contribution in [0.2, 0.25) is 0 Å². The summed E-state index contributed by atoms with van der Waals surface area (Å²) in [5.41, 5.74) is 0.829. The predicted molar refractivity (Wildman–Crippen MR) is 91.2 cm³/mol. The number of non-ortho nitro benzene ring substituents is 1. The molecule has 24 heavy (non-hydrogen) atoms. The van der Waals surface area contributed by atoms with Gasteiger partial charge in [0.05, 0.1) is 23.2 Å². The first kappa shape index (κ1) is 15.3. The second-order valence-corrected chi connectivity index (χ2v) is 6.43. The van der Waals surface area contributed by atoms with E-state index in [1.165, 1.54) is 18.9 Å².